The molecule has 0 atom stereocenters. The first-order valence-corrected chi connectivity index (χ1v) is 6.21. The zero-order valence-electron chi connectivity index (χ0n) is 11.4. The molecule has 21 heavy (non-hydrogen) atoms. The van der Waals surface area contributed by atoms with Gasteiger partial charge in [-0.25, -0.2) is 9.78 Å². The first kappa shape index (κ1) is 15.1. The summed E-state index contributed by atoms with van der Waals surface area (Å²) in [6.07, 6.45) is 0.237. The quantitative estimate of drug-likeness (QED) is 0.944. The second-order valence-electron chi connectivity index (χ2n) is 4.95. The molecule has 0 aliphatic heterocycles. The zero-order valence-corrected chi connectivity index (χ0v) is 11.4. The van der Waals surface area contributed by atoms with Gasteiger partial charge in [-0.2, -0.15) is 13.2 Å². The number of hydrogen-bond acceptors (Lipinski definition) is 2. The van der Waals surface area contributed by atoms with E-state index >= 15 is 0 Å². The van der Waals surface area contributed by atoms with Crippen molar-refractivity contribution in [3.8, 4) is 0 Å². The molecular formula is C13H14F3N3O2. The van der Waals surface area contributed by atoms with E-state index in [4.69, 9.17) is 5.11 Å². The van der Waals surface area contributed by atoms with Crippen molar-refractivity contribution in [1.82, 2.24) is 14.1 Å². The Bertz CT molecular complexity index is 656. The smallest absolute Gasteiger partial charge is 0.418 e. The number of carbonyl (C=O) groups is 1. The Morgan fingerprint density at radius 2 is 2.05 bits per heavy atom. The number of alkyl halides is 3. The third-order valence-electron chi connectivity index (χ3n) is 3.06. The van der Waals surface area contributed by atoms with Crippen LogP contribution in [0.5, 0.6) is 0 Å². The molecule has 0 aliphatic rings. The van der Waals surface area contributed by atoms with Crippen molar-refractivity contribution in [2.75, 3.05) is 0 Å². The van der Waals surface area contributed by atoms with E-state index in [1.807, 2.05) is 18.4 Å². The molecule has 0 saturated heterocycles. The first-order valence-electron chi connectivity index (χ1n) is 6.21. The molecule has 8 heteroatoms. The molecule has 2 aromatic rings. The Morgan fingerprint density at radius 3 is 2.52 bits per heavy atom. The second kappa shape index (κ2) is 5.27. The maximum atomic E-state index is 12.8. The van der Waals surface area contributed by atoms with E-state index in [1.165, 1.54) is 4.57 Å². The Balaban J connectivity index is 2.38. The predicted molar refractivity (Wildman–Crippen MR) is 68.1 cm³/mol. The van der Waals surface area contributed by atoms with Crippen LogP contribution >= 0.6 is 0 Å². The fourth-order valence-electron chi connectivity index (χ4n) is 2.10. The summed E-state index contributed by atoms with van der Waals surface area (Å²) in [5.41, 5.74) is -1.20. The SMILES string of the molecule is CC(C)n1cncc1Cn1cc(C(=O)O)c(C(F)(F)F)c1. The summed E-state index contributed by atoms with van der Waals surface area (Å²) < 4.78 is 41.5. The number of carboxylic acid groups (broad SMARTS) is 1. The van der Waals surface area contributed by atoms with Crippen LogP contribution < -0.4 is 0 Å². The normalized spacial score (nSPS) is 12.1. The lowest BCUT2D eigenvalue weighted by Crippen LogP contribution is -2.10. The van der Waals surface area contributed by atoms with Crippen LogP contribution in [0.4, 0.5) is 13.2 Å². The molecule has 2 aromatic heterocycles. The molecule has 0 aromatic carbocycles. The fourth-order valence-corrected chi connectivity index (χ4v) is 2.10. The summed E-state index contributed by atoms with van der Waals surface area (Å²) in [6, 6.07) is 0.110. The third-order valence-corrected chi connectivity index (χ3v) is 3.06. The number of hydrogen-bond donors (Lipinski definition) is 1. The van der Waals surface area contributed by atoms with Gasteiger partial charge in [0, 0.05) is 24.6 Å². The molecule has 0 bridgehead atoms. The van der Waals surface area contributed by atoms with Gasteiger partial charge in [-0.15, -0.1) is 0 Å². The van der Waals surface area contributed by atoms with Crippen LogP contribution in [0.25, 0.3) is 0 Å². The maximum Gasteiger partial charge on any atom is 0.418 e. The van der Waals surface area contributed by atoms with Gasteiger partial charge in [0.1, 0.15) is 0 Å². The van der Waals surface area contributed by atoms with Crippen LogP contribution in [-0.4, -0.2) is 25.2 Å². The highest BCUT2D eigenvalue weighted by atomic mass is 19.4. The average Bonchev–Trinajstić information content (AvgIpc) is 2.94. The summed E-state index contributed by atoms with van der Waals surface area (Å²) in [5.74, 6) is -1.60. The largest absolute Gasteiger partial charge is 0.478 e. The minimum atomic E-state index is -4.70. The summed E-state index contributed by atoms with van der Waals surface area (Å²) >= 11 is 0. The van der Waals surface area contributed by atoms with Gasteiger partial charge < -0.3 is 14.2 Å². The Morgan fingerprint density at radius 1 is 1.38 bits per heavy atom. The molecule has 2 rings (SSSR count). The van der Waals surface area contributed by atoms with E-state index in [9.17, 15) is 18.0 Å². The molecule has 2 heterocycles. The van der Waals surface area contributed by atoms with Gasteiger partial charge in [-0.3, -0.25) is 0 Å². The molecule has 0 fully saturated rings. The highest BCUT2D eigenvalue weighted by Crippen LogP contribution is 2.33. The Labute approximate surface area is 118 Å². The highest BCUT2D eigenvalue weighted by molar-refractivity contribution is 5.89. The molecule has 0 saturated carbocycles. The Hall–Kier alpha value is -2.25. The molecule has 5 nitrogen and oxygen atoms in total. The van der Waals surface area contributed by atoms with Gasteiger partial charge in [0.05, 0.1) is 29.7 Å². The lowest BCUT2D eigenvalue weighted by molar-refractivity contribution is -0.138. The number of aromatic carboxylic acids is 1. The third kappa shape index (κ3) is 3.09. The molecule has 0 aliphatic carbocycles. The zero-order chi connectivity index (χ0) is 15.8. The minimum Gasteiger partial charge on any atom is -0.478 e. The van der Waals surface area contributed by atoms with Gasteiger partial charge in [0.25, 0.3) is 0 Å². The van der Waals surface area contributed by atoms with Gasteiger partial charge >= 0.3 is 12.1 Å². The topological polar surface area (TPSA) is 60.0 Å². The van der Waals surface area contributed by atoms with Gasteiger partial charge in [-0.1, -0.05) is 0 Å². The summed E-state index contributed by atoms with van der Waals surface area (Å²) in [4.78, 5) is 14.9. The molecule has 0 radical (unpaired) electrons. The van der Waals surface area contributed by atoms with Crippen molar-refractivity contribution < 1.29 is 23.1 Å². The molecule has 1 N–H and O–H groups in total. The van der Waals surface area contributed by atoms with E-state index in [0.29, 0.717) is 5.69 Å². The monoisotopic (exact) mass is 301 g/mol. The van der Waals surface area contributed by atoms with Crippen LogP contribution in [-0.2, 0) is 12.7 Å². The predicted octanol–water partition coefficient (Wildman–Crippen LogP) is 3.03. The summed E-state index contributed by atoms with van der Waals surface area (Å²) in [7, 11) is 0. The van der Waals surface area contributed by atoms with E-state index in [1.54, 1.807) is 12.5 Å². The molecule has 0 unspecified atom stereocenters. The van der Waals surface area contributed by atoms with Crippen molar-refractivity contribution in [3.05, 3.63) is 41.7 Å². The van der Waals surface area contributed by atoms with Gasteiger partial charge in [0.15, 0.2) is 0 Å². The number of halogens is 3. The van der Waals surface area contributed by atoms with E-state index in [2.05, 4.69) is 4.98 Å². The van der Waals surface area contributed by atoms with Crippen LogP contribution in [0.2, 0.25) is 0 Å². The minimum absolute atomic E-state index is 0.110. The van der Waals surface area contributed by atoms with Gasteiger partial charge in [0.2, 0.25) is 0 Å². The maximum absolute atomic E-state index is 12.8. The number of carboxylic acids is 1. The molecular weight excluding hydrogens is 287 g/mol. The highest BCUT2D eigenvalue weighted by Gasteiger charge is 2.37. The van der Waals surface area contributed by atoms with E-state index < -0.39 is 23.3 Å². The number of rotatable bonds is 4. The van der Waals surface area contributed by atoms with Crippen LogP contribution in [0.15, 0.2) is 24.9 Å². The van der Waals surface area contributed by atoms with Gasteiger partial charge in [-0.05, 0) is 13.8 Å². The average molecular weight is 301 g/mol. The van der Waals surface area contributed by atoms with Crippen molar-refractivity contribution in [2.24, 2.45) is 0 Å². The second-order valence-corrected chi connectivity index (χ2v) is 4.95. The Kier molecular flexibility index (Phi) is 3.80. The summed E-state index contributed by atoms with van der Waals surface area (Å²) in [5, 5.41) is 8.88. The molecule has 0 amide bonds. The van der Waals surface area contributed by atoms with E-state index in [-0.39, 0.29) is 12.6 Å². The number of nitrogens with zero attached hydrogens (tertiary/aromatic N) is 3. The first-order chi connectivity index (χ1) is 9.70. The standard InChI is InChI=1S/C13H14F3N3O2/c1-8(2)19-7-17-3-9(19)4-18-5-10(12(20)21)11(6-18)13(14,15)16/h3,5-8H,4H2,1-2H3,(H,20,21). The number of aromatic nitrogens is 3. The lowest BCUT2D eigenvalue weighted by atomic mass is 10.2. The van der Waals surface area contributed by atoms with Crippen molar-refractivity contribution in [1.29, 1.82) is 0 Å². The molecule has 114 valence electrons. The van der Waals surface area contributed by atoms with E-state index in [0.717, 1.165) is 12.4 Å². The van der Waals surface area contributed by atoms with Crippen LogP contribution in [0.1, 0.15) is 41.5 Å². The number of imidazole rings is 1. The van der Waals surface area contributed by atoms with Crippen LogP contribution in [0.3, 0.4) is 0 Å². The van der Waals surface area contributed by atoms with Crippen LogP contribution in [0, 0.1) is 0 Å². The lowest BCUT2D eigenvalue weighted by Gasteiger charge is -2.12. The summed E-state index contributed by atoms with van der Waals surface area (Å²) in [6.45, 7) is 3.96. The molecule has 0 spiro atoms. The van der Waals surface area contributed by atoms with Crippen molar-refractivity contribution in [2.45, 2.75) is 32.6 Å². The van der Waals surface area contributed by atoms with Crippen molar-refractivity contribution >= 4 is 5.97 Å². The van der Waals surface area contributed by atoms with Crippen molar-refractivity contribution in [3.63, 3.8) is 0 Å². The fraction of sp³-hybridized carbons (Fsp3) is 0.385.